The second-order valence-electron chi connectivity index (χ2n) is 5.58. The second kappa shape index (κ2) is 7.80. The summed E-state index contributed by atoms with van der Waals surface area (Å²) >= 11 is 9.86. The molecule has 2 aromatic rings. The summed E-state index contributed by atoms with van der Waals surface area (Å²) in [5.41, 5.74) is 6.00. The molecule has 7 N–H and O–H groups in total. The third-order valence-electron chi connectivity index (χ3n) is 3.64. The molecular formula is C10H14ClN5O9P2S. The Bertz CT molecular complexity index is 988. The molecule has 5 atom stereocenters. The molecule has 156 valence electrons. The quantitative estimate of drug-likeness (QED) is 0.218. The number of nitrogens with two attached hydrogens (primary N) is 1. The van der Waals surface area contributed by atoms with Crippen LogP contribution in [0.15, 0.2) is 6.33 Å². The lowest BCUT2D eigenvalue weighted by molar-refractivity contribution is -0.0502. The number of nitrogens with zero attached hydrogens (tertiary/aromatic N) is 4. The Hall–Kier alpha value is -0.800. The number of phosphoric acid groups is 1. The zero-order valence-corrected chi connectivity index (χ0v) is 16.9. The number of imidazole rings is 1. The molecular weight excluding hydrogens is 464 g/mol. The van der Waals surface area contributed by atoms with E-state index in [4.69, 9.17) is 31.9 Å². The molecule has 0 bridgehead atoms. The van der Waals surface area contributed by atoms with Gasteiger partial charge in [0, 0.05) is 0 Å². The molecule has 0 spiro atoms. The van der Waals surface area contributed by atoms with Crippen molar-refractivity contribution in [2.45, 2.75) is 24.5 Å². The summed E-state index contributed by atoms with van der Waals surface area (Å²) < 4.78 is 26.9. The molecule has 14 nitrogen and oxygen atoms in total. The van der Waals surface area contributed by atoms with Gasteiger partial charge in [-0.3, -0.25) is 9.09 Å². The fourth-order valence-corrected chi connectivity index (χ4v) is 5.05. The van der Waals surface area contributed by atoms with Crippen LogP contribution in [0.1, 0.15) is 6.23 Å². The minimum Gasteiger partial charge on any atom is -0.387 e. The number of fused-ring (bicyclic) bond motifs is 1. The Balaban J connectivity index is 1.78. The lowest BCUT2D eigenvalue weighted by Crippen LogP contribution is -2.33. The maximum Gasteiger partial charge on any atom is 0.479 e. The first-order valence-electron chi connectivity index (χ1n) is 7.29. The van der Waals surface area contributed by atoms with E-state index in [0.29, 0.717) is 0 Å². The number of hydrogen-bond donors (Lipinski definition) is 6. The van der Waals surface area contributed by atoms with Crippen molar-refractivity contribution >= 4 is 54.9 Å². The first kappa shape index (κ1) is 21.9. The predicted octanol–water partition coefficient (Wildman–Crippen LogP) is -0.976. The number of phosphoric ester groups is 1. The number of nitrogen functional groups attached to an aromatic ring is 1. The van der Waals surface area contributed by atoms with Crippen molar-refractivity contribution in [1.82, 2.24) is 19.5 Å². The fourth-order valence-electron chi connectivity index (χ4n) is 2.52. The van der Waals surface area contributed by atoms with E-state index in [9.17, 15) is 19.7 Å². The zero-order chi connectivity index (χ0) is 20.9. The standard InChI is InChI=1S/C10H14ClN5O9P2S/c11-10-14-7(12)4-8(15-10)16(2-13-4)9-6(18)5(17)3(24-9)1-23-26(19,20)25-27(21,22)28/h2-3,5-6,9,17-18H,1H2,(H,19,20)(H2,12,14,15)(H2,21,22,28)/t3-,5-,6-,9-/m1/s1. The van der Waals surface area contributed by atoms with Crippen molar-refractivity contribution in [3.8, 4) is 0 Å². The van der Waals surface area contributed by atoms with Crippen LogP contribution >= 0.6 is 26.1 Å². The Morgan fingerprint density at radius 3 is 2.64 bits per heavy atom. The topological polar surface area (TPSA) is 216 Å². The SMILES string of the molecule is Nc1nc(Cl)nc2c1ncn2[C@@H]1O[C@H](COP(=O)(O)OP(O)(O)=S)[C@@H](O)[C@H]1O. The molecule has 0 saturated carbocycles. The number of aromatic nitrogens is 4. The summed E-state index contributed by atoms with van der Waals surface area (Å²) in [7, 11) is -4.95. The van der Waals surface area contributed by atoms with Gasteiger partial charge in [-0.25, -0.2) is 13.9 Å². The third kappa shape index (κ3) is 4.67. The van der Waals surface area contributed by atoms with Crippen LogP contribution in [0.5, 0.6) is 0 Å². The lowest BCUT2D eigenvalue weighted by Gasteiger charge is -2.18. The van der Waals surface area contributed by atoms with Crippen LogP contribution in [0, 0.1) is 0 Å². The van der Waals surface area contributed by atoms with Gasteiger partial charge in [0.1, 0.15) is 23.8 Å². The molecule has 3 heterocycles. The Morgan fingerprint density at radius 1 is 1.32 bits per heavy atom. The van der Waals surface area contributed by atoms with Gasteiger partial charge >= 0.3 is 14.5 Å². The molecule has 18 heteroatoms. The first-order valence-corrected chi connectivity index (χ1v) is 11.8. The van der Waals surface area contributed by atoms with Gasteiger partial charge in [-0.2, -0.15) is 9.97 Å². The predicted molar refractivity (Wildman–Crippen MR) is 96.3 cm³/mol. The summed E-state index contributed by atoms with van der Waals surface area (Å²) in [6.07, 6.45) is -4.36. The number of halogens is 1. The van der Waals surface area contributed by atoms with Crippen LogP contribution < -0.4 is 5.73 Å². The number of anilines is 1. The van der Waals surface area contributed by atoms with E-state index in [1.54, 1.807) is 0 Å². The van der Waals surface area contributed by atoms with Crippen LogP contribution in [-0.4, -0.2) is 69.3 Å². The van der Waals surface area contributed by atoms with Crippen LogP contribution in [0.4, 0.5) is 5.82 Å². The summed E-state index contributed by atoms with van der Waals surface area (Å²) in [5, 5.41) is 20.2. The highest BCUT2D eigenvalue weighted by Gasteiger charge is 2.45. The molecule has 0 aromatic carbocycles. The van der Waals surface area contributed by atoms with Crippen molar-refractivity contribution in [2.24, 2.45) is 0 Å². The van der Waals surface area contributed by atoms with E-state index < -0.39 is 45.7 Å². The average molecular weight is 478 g/mol. The van der Waals surface area contributed by atoms with Crippen LogP contribution in [-0.2, 0) is 29.9 Å². The minimum absolute atomic E-state index is 0.0104. The monoisotopic (exact) mass is 477 g/mol. The normalized spacial score (nSPS) is 27.9. The number of aliphatic hydroxyl groups is 2. The first-order chi connectivity index (χ1) is 12.9. The molecule has 0 amide bonds. The summed E-state index contributed by atoms with van der Waals surface area (Å²) in [6, 6.07) is 0. The van der Waals surface area contributed by atoms with E-state index in [2.05, 4.69) is 35.6 Å². The molecule has 1 saturated heterocycles. The van der Waals surface area contributed by atoms with Crippen LogP contribution in [0.25, 0.3) is 11.2 Å². The second-order valence-corrected chi connectivity index (χ2v) is 10.2. The van der Waals surface area contributed by atoms with E-state index in [0.717, 1.165) is 0 Å². The van der Waals surface area contributed by atoms with Gasteiger partial charge in [0.05, 0.1) is 12.9 Å². The van der Waals surface area contributed by atoms with Crippen LogP contribution in [0.3, 0.4) is 0 Å². The molecule has 0 radical (unpaired) electrons. The largest absolute Gasteiger partial charge is 0.479 e. The van der Waals surface area contributed by atoms with E-state index in [1.807, 2.05) is 0 Å². The fraction of sp³-hybridized carbons (Fsp3) is 0.500. The Morgan fingerprint density at radius 2 is 2.00 bits per heavy atom. The maximum atomic E-state index is 11.6. The molecule has 1 aliphatic rings. The number of rotatable bonds is 6. The van der Waals surface area contributed by atoms with E-state index in [1.165, 1.54) is 10.9 Å². The van der Waals surface area contributed by atoms with Crippen molar-refractivity contribution in [3.05, 3.63) is 11.6 Å². The number of hydrogen-bond acceptors (Lipinski definition) is 11. The van der Waals surface area contributed by atoms with Gasteiger partial charge in [0.15, 0.2) is 17.7 Å². The van der Waals surface area contributed by atoms with Crippen molar-refractivity contribution in [1.29, 1.82) is 0 Å². The van der Waals surface area contributed by atoms with Gasteiger partial charge in [-0.05, 0) is 23.4 Å². The Kier molecular flexibility index (Phi) is 6.10. The van der Waals surface area contributed by atoms with Gasteiger partial charge in [0.25, 0.3) is 0 Å². The lowest BCUT2D eigenvalue weighted by atomic mass is 10.1. The van der Waals surface area contributed by atoms with E-state index in [-0.39, 0.29) is 22.3 Å². The summed E-state index contributed by atoms with van der Waals surface area (Å²) in [4.78, 5) is 39.0. The van der Waals surface area contributed by atoms with Crippen molar-refractivity contribution in [2.75, 3.05) is 12.3 Å². The molecule has 3 rings (SSSR count). The molecule has 2 aromatic heterocycles. The van der Waals surface area contributed by atoms with E-state index >= 15 is 0 Å². The van der Waals surface area contributed by atoms with Gasteiger partial charge in [-0.1, -0.05) is 0 Å². The van der Waals surface area contributed by atoms with Gasteiger partial charge in [0.2, 0.25) is 5.28 Å². The highest BCUT2D eigenvalue weighted by molar-refractivity contribution is 8.08. The average Bonchev–Trinajstić information content (AvgIpc) is 3.06. The number of aliphatic hydroxyl groups excluding tert-OH is 2. The molecule has 1 aliphatic heterocycles. The zero-order valence-electron chi connectivity index (χ0n) is 13.5. The van der Waals surface area contributed by atoms with Gasteiger partial charge < -0.3 is 35.4 Å². The highest BCUT2D eigenvalue weighted by Crippen LogP contribution is 2.58. The van der Waals surface area contributed by atoms with Crippen molar-refractivity contribution in [3.63, 3.8) is 0 Å². The number of ether oxygens (including phenoxy) is 1. The molecule has 1 fully saturated rings. The third-order valence-corrected chi connectivity index (χ3v) is 6.56. The van der Waals surface area contributed by atoms with Gasteiger partial charge in [-0.15, -0.1) is 0 Å². The smallest absolute Gasteiger partial charge is 0.387 e. The molecule has 1 unspecified atom stereocenters. The maximum absolute atomic E-state index is 11.6. The van der Waals surface area contributed by atoms with Crippen molar-refractivity contribution < 1.29 is 43.0 Å². The summed E-state index contributed by atoms with van der Waals surface area (Å²) in [6.45, 7) is -5.22. The highest BCUT2D eigenvalue weighted by atomic mass is 35.5. The van der Waals surface area contributed by atoms with Crippen LogP contribution in [0.2, 0.25) is 5.28 Å². The minimum atomic E-state index is -4.95. The molecule has 0 aliphatic carbocycles. The summed E-state index contributed by atoms with van der Waals surface area (Å²) in [5.74, 6) is -0.0104. The molecule has 28 heavy (non-hydrogen) atoms. The Labute approximate surface area is 166 Å².